The van der Waals surface area contributed by atoms with Crippen molar-refractivity contribution in [1.29, 1.82) is 0 Å². The van der Waals surface area contributed by atoms with Gasteiger partial charge in [0, 0.05) is 18.7 Å². The van der Waals surface area contributed by atoms with Crippen LogP contribution in [0.3, 0.4) is 0 Å². The summed E-state index contributed by atoms with van der Waals surface area (Å²) in [5.41, 5.74) is 1.70. The van der Waals surface area contributed by atoms with E-state index in [9.17, 15) is 9.90 Å². The maximum Gasteiger partial charge on any atom is 0.320 e. The van der Waals surface area contributed by atoms with Gasteiger partial charge in [-0.1, -0.05) is 29.8 Å². The number of aliphatic carboxylic acids is 1. The van der Waals surface area contributed by atoms with Crippen LogP contribution in [0.4, 0.5) is 0 Å². The van der Waals surface area contributed by atoms with E-state index in [1.54, 1.807) is 19.2 Å². The van der Waals surface area contributed by atoms with Crippen LogP contribution >= 0.6 is 11.6 Å². The molecule has 0 amide bonds. The van der Waals surface area contributed by atoms with Crippen molar-refractivity contribution in [2.75, 3.05) is 13.1 Å². The first kappa shape index (κ1) is 20.1. The Kier molecular flexibility index (Phi) is 5.51. The highest BCUT2D eigenvalue weighted by Crippen LogP contribution is 2.48. The topological polar surface area (TPSA) is 71.9 Å². The molecule has 3 unspecified atom stereocenters. The van der Waals surface area contributed by atoms with Crippen LogP contribution < -0.4 is 4.74 Å². The Bertz CT molecular complexity index is 883. The molecule has 1 N–H and O–H groups in total. The summed E-state index contributed by atoms with van der Waals surface area (Å²) >= 11 is 6.00. The first-order valence-electron chi connectivity index (χ1n) is 9.92. The Morgan fingerprint density at radius 1 is 1.28 bits per heavy atom. The lowest BCUT2D eigenvalue weighted by Gasteiger charge is -2.44. The van der Waals surface area contributed by atoms with E-state index in [4.69, 9.17) is 21.1 Å². The van der Waals surface area contributed by atoms with Crippen molar-refractivity contribution in [3.05, 3.63) is 58.9 Å². The van der Waals surface area contributed by atoms with Crippen molar-refractivity contribution >= 4 is 17.6 Å². The quantitative estimate of drug-likeness (QED) is 0.803. The number of halogens is 1. The van der Waals surface area contributed by atoms with E-state index in [0.717, 1.165) is 37.2 Å². The van der Waals surface area contributed by atoms with E-state index in [1.165, 1.54) is 0 Å². The number of nitrogens with zero attached hydrogens (tertiary/aromatic N) is 2. The minimum atomic E-state index is -1.02. The first-order valence-corrected chi connectivity index (χ1v) is 10.3. The number of aromatic nitrogens is 1. The third kappa shape index (κ3) is 3.97. The normalized spacial score (nSPS) is 26.4. The van der Waals surface area contributed by atoms with Crippen LogP contribution in [0, 0.1) is 5.92 Å². The van der Waals surface area contributed by atoms with Gasteiger partial charge in [-0.25, -0.2) is 0 Å². The smallest absolute Gasteiger partial charge is 0.320 e. The first-order chi connectivity index (χ1) is 13.9. The third-order valence-electron chi connectivity index (χ3n) is 5.98. The van der Waals surface area contributed by atoms with Gasteiger partial charge in [-0.05, 0) is 57.0 Å². The molecule has 1 fully saturated rings. The molecule has 0 aliphatic carbocycles. The molecule has 2 aromatic rings. The summed E-state index contributed by atoms with van der Waals surface area (Å²) in [6.07, 6.45) is 3.17. The molecule has 154 valence electrons. The molecule has 1 aromatic heterocycles. The average molecular weight is 417 g/mol. The number of carbonyl (C=O) groups is 1. The molecule has 0 radical (unpaired) electrons. The Hall–Kier alpha value is -2.15. The Labute approximate surface area is 175 Å². The van der Waals surface area contributed by atoms with Gasteiger partial charge in [0.2, 0.25) is 0 Å². The molecule has 4 rings (SSSR count). The number of piperidine rings is 1. The maximum absolute atomic E-state index is 11.3. The molecular weight excluding hydrogens is 392 g/mol. The zero-order chi connectivity index (χ0) is 20.6. The monoisotopic (exact) mass is 416 g/mol. The van der Waals surface area contributed by atoms with Gasteiger partial charge in [0.25, 0.3) is 5.79 Å². The highest BCUT2D eigenvalue weighted by Gasteiger charge is 2.44. The number of hydrogen-bond acceptors (Lipinski definition) is 5. The van der Waals surface area contributed by atoms with E-state index in [2.05, 4.69) is 4.98 Å². The number of carboxylic acid groups (broad SMARTS) is 1. The number of rotatable bonds is 4. The molecule has 3 atom stereocenters. The second kappa shape index (κ2) is 7.94. The molecule has 0 bridgehead atoms. The van der Waals surface area contributed by atoms with Crippen molar-refractivity contribution in [3.8, 4) is 5.75 Å². The number of pyridine rings is 1. The predicted octanol–water partition coefficient (Wildman–Crippen LogP) is 4.24. The van der Waals surface area contributed by atoms with Crippen molar-refractivity contribution in [2.24, 2.45) is 5.92 Å². The fourth-order valence-electron chi connectivity index (χ4n) is 4.22. The number of benzene rings is 1. The molecule has 2 aliphatic rings. The predicted molar refractivity (Wildman–Crippen MR) is 109 cm³/mol. The van der Waals surface area contributed by atoms with Crippen LogP contribution in [0.15, 0.2) is 42.6 Å². The molecule has 2 aliphatic heterocycles. The van der Waals surface area contributed by atoms with Crippen LogP contribution in [0.25, 0.3) is 0 Å². The molecule has 0 saturated carbocycles. The van der Waals surface area contributed by atoms with Gasteiger partial charge in [-0.15, -0.1) is 0 Å². The van der Waals surface area contributed by atoms with Crippen LogP contribution in [0.1, 0.15) is 44.1 Å². The summed E-state index contributed by atoms with van der Waals surface area (Å²) in [6, 6.07) is 11.1. The zero-order valence-electron chi connectivity index (χ0n) is 16.5. The van der Waals surface area contributed by atoms with Gasteiger partial charge in [-0.2, -0.15) is 0 Å². The van der Waals surface area contributed by atoms with Crippen LogP contribution in [-0.2, 0) is 15.3 Å². The maximum atomic E-state index is 11.3. The molecule has 7 heteroatoms. The molecule has 1 saturated heterocycles. The van der Waals surface area contributed by atoms with Crippen LogP contribution in [0.2, 0.25) is 5.02 Å². The molecule has 3 heterocycles. The van der Waals surface area contributed by atoms with Crippen molar-refractivity contribution in [3.63, 3.8) is 0 Å². The third-order valence-corrected chi connectivity index (χ3v) is 6.21. The zero-order valence-corrected chi connectivity index (χ0v) is 17.3. The number of para-hydroxylation sites is 1. The number of likely N-dealkylation sites (tertiary alicyclic amines) is 1. The number of hydrogen-bond donors (Lipinski definition) is 1. The minimum Gasteiger partial charge on any atom is -0.480 e. The summed E-state index contributed by atoms with van der Waals surface area (Å²) in [6.45, 7) is 5.09. The summed E-state index contributed by atoms with van der Waals surface area (Å²) in [4.78, 5) is 17.8. The standard InChI is InChI=1S/C22H25ClN2O4/c1-14(21(26)27)25-11-9-15(10-12-25)20-17-5-3-4-6-18(17)28-22(2,29-20)19-8-7-16(23)13-24-19/h3-8,13-15,20H,9-12H2,1-2H3,(H,26,27). The fraction of sp³-hybridized carbons (Fsp3) is 0.455. The fourth-order valence-corrected chi connectivity index (χ4v) is 4.33. The molecular formula is C22H25ClN2O4. The van der Waals surface area contributed by atoms with Crippen LogP contribution in [-0.4, -0.2) is 40.1 Å². The van der Waals surface area contributed by atoms with Crippen molar-refractivity contribution < 1.29 is 19.4 Å². The number of fused-ring (bicyclic) bond motifs is 1. The van der Waals surface area contributed by atoms with Gasteiger partial charge in [0.1, 0.15) is 17.5 Å². The lowest BCUT2D eigenvalue weighted by molar-refractivity contribution is -0.244. The van der Waals surface area contributed by atoms with Gasteiger partial charge in [-0.3, -0.25) is 14.7 Å². The van der Waals surface area contributed by atoms with Crippen LogP contribution in [0.5, 0.6) is 5.75 Å². The lowest BCUT2D eigenvalue weighted by atomic mass is 9.85. The van der Waals surface area contributed by atoms with Crippen molar-refractivity contribution in [1.82, 2.24) is 9.88 Å². The molecule has 6 nitrogen and oxygen atoms in total. The highest BCUT2D eigenvalue weighted by molar-refractivity contribution is 6.30. The minimum absolute atomic E-state index is 0.148. The van der Waals surface area contributed by atoms with Gasteiger partial charge < -0.3 is 14.6 Å². The summed E-state index contributed by atoms with van der Waals surface area (Å²) in [5.74, 6) is -0.736. The second-order valence-corrected chi connectivity index (χ2v) is 8.31. The summed E-state index contributed by atoms with van der Waals surface area (Å²) < 4.78 is 12.8. The highest BCUT2D eigenvalue weighted by atomic mass is 35.5. The largest absolute Gasteiger partial charge is 0.480 e. The SMILES string of the molecule is CC(C(=O)O)N1CCC(C2OC(C)(c3ccc(Cl)cn3)Oc3ccccc32)CC1. The molecule has 1 aromatic carbocycles. The average Bonchev–Trinajstić information content (AvgIpc) is 2.73. The number of carboxylic acids is 1. The van der Waals surface area contributed by atoms with E-state index >= 15 is 0 Å². The Morgan fingerprint density at radius 3 is 2.66 bits per heavy atom. The van der Waals surface area contributed by atoms with E-state index in [1.807, 2.05) is 42.2 Å². The lowest BCUT2D eigenvalue weighted by Crippen LogP contribution is -2.47. The van der Waals surface area contributed by atoms with Gasteiger partial charge >= 0.3 is 5.97 Å². The Morgan fingerprint density at radius 2 is 2.00 bits per heavy atom. The van der Waals surface area contributed by atoms with E-state index in [0.29, 0.717) is 10.7 Å². The van der Waals surface area contributed by atoms with E-state index < -0.39 is 17.8 Å². The van der Waals surface area contributed by atoms with E-state index in [-0.39, 0.29) is 12.0 Å². The van der Waals surface area contributed by atoms with Crippen molar-refractivity contribution in [2.45, 2.75) is 44.6 Å². The molecule has 0 spiro atoms. The van der Waals surface area contributed by atoms with Gasteiger partial charge in [0.05, 0.1) is 11.1 Å². The number of ether oxygens (including phenoxy) is 2. The molecule has 29 heavy (non-hydrogen) atoms. The Balaban J connectivity index is 1.59. The summed E-state index contributed by atoms with van der Waals surface area (Å²) in [5, 5.41) is 9.85. The van der Waals surface area contributed by atoms with Gasteiger partial charge in [0.15, 0.2) is 0 Å². The summed E-state index contributed by atoms with van der Waals surface area (Å²) in [7, 11) is 0. The second-order valence-electron chi connectivity index (χ2n) is 7.87.